The Morgan fingerprint density at radius 2 is 1.93 bits per heavy atom. The SMILES string of the molecule is Cc1cc2nc(-c3cscn3)ccc2c(-c2ccc(Cl)cc2)c1CC(=O)O. The fraction of sp³-hybridized carbons (Fsp3) is 0.0952. The van der Waals surface area contributed by atoms with Crippen LogP contribution in [0.25, 0.3) is 33.4 Å². The van der Waals surface area contributed by atoms with Crippen LogP contribution in [0.3, 0.4) is 0 Å². The molecule has 2 heterocycles. The number of halogens is 1. The maximum absolute atomic E-state index is 11.5. The number of carboxylic acid groups (broad SMARTS) is 1. The van der Waals surface area contributed by atoms with Crippen LogP contribution in [0.1, 0.15) is 11.1 Å². The Morgan fingerprint density at radius 1 is 1.15 bits per heavy atom. The van der Waals surface area contributed by atoms with E-state index >= 15 is 0 Å². The first-order valence-corrected chi connectivity index (χ1v) is 9.64. The lowest BCUT2D eigenvalue weighted by atomic mass is 9.90. The summed E-state index contributed by atoms with van der Waals surface area (Å²) in [7, 11) is 0. The minimum Gasteiger partial charge on any atom is -0.481 e. The highest BCUT2D eigenvalue weighted by molar-refractivity contribution is 7.07. The third kappa shape index (κ3) is 3.44. The number of rotatable bonds is 4. The lowest BCUT2D eigenvalue weighted by Gasteiger charge is -2.16. The van der Waals surface area contributed by atoms with Crippen LogP contribution in [-0.4, -0.2) is 21.0 Å². The highest BCUT2D eigenvalue weighted by atomic mass is 35.5. The van der Waals surface area contributed by atoms with Gasteiger partial charge in [-0.15, -0.1) is 11.3 Å². The third-order valence-electron chi connectivity index (χ3n) is 4.48. The van der Waals surface area contributed by atoms with Gasteiger partial charge in [0.1, 0.15) is 0 Å². The Bertz CT molecular complexity index is 1140. The molecular formula is C21H15ClN2O2S. The molecule has 0 saturated carbocycles. The molecule has 4 rings (SSSR count). The largest absolute Gasteiger partial charge is 0.481 e. The Hall–Kier alpha value is -2.76. The van der Waals surface area contributed by atoms with E-state index in [0.29, 0.717) is 5.02 Å². The van der Waals surface area contributed by atoms with Crippen LogP contribution < -0.4 is 0 Å². The normalized spacial score (nSPS) is 11.0. The van der Waals surface area contributed by atoms with Crippen LogP contribution in [-0.2, 0) is 11.2 Å². The predicted molar refractivity (Wildman–Crippen MR) is 109 cm³/mol. The monoisotopic (exact) mass is 394 g/mol. The molecule has 6 heteroatoms. The van der Waals surface area contributed by atoms with Crippen molar-refractivity contribution in [3.63, 3.8) is 0 Å². The van der Waals surface area contributed by atoms with Gasteiger partial charge in [0.15, 0.2) is 0 Å². The van der Waals surface area contributed by atoms with Crippen LogP contribution in [0.2, 0.25) is 5.02 Å². The molecule has 27 heavy (non-hydrogen) atoms. The summed E-state index contributed by atoms with van der Waals surface area (Å²) >= 11 is 7.56. The number of aliphatic carboxylic acids is 1. The van der Waals surface area contributed by atoms with E-state index in [1.165, 1.54) is 11.3 Å². The first-order chi connectivity index (χ1) is 13.0. The van der Waals surface area contributed by atoms with Crippen molar-refractivity contribution >= 4 is 39.8 Å². The van der Waals surface area contributed by atoms with Gasteiger partial charge in [0, 0.05) is 15.8 Å². The van der Waals surface area contributed by atoms with Crippen LogP contribution in [0.15, 0.2) is 53.4 Å². The molecule has 0 radical (unpaired) electrons. The summed E-state index contributed by atoms with van der Waals surface area (Å²) in [5.74, 6) is -0.861. The number of fused-ring (bicyclic) bond motifs is 1. The number of benzene rings is 2. The molecule has 2 aromatic heterocycles. The zero-order valence-electron chi connectivity index (χ0n) is 14.4. The summed E-state index contributed by atoms with van der Waals surface area (Å²) in [6, 6.07) is 13.3. The molecule has 0 unspecified atom stereocenters. The number of aryl methyl sites for hydroxylation is 1. The Kier molecular flexibility index (Phi) is 4.64. The van der Waals surface area contributed by atoms with Crippen molar-refractivity contribution in [3.05, 3.63) is 69.5 Å². The number of pyridine rings is 1. The average molecular weight is 395 g/mol. The van der Waals surface area contributed by atoms with Gasteiger partial charge in [-0.3, -0.25) is 4.79 Å². The molecule has 0 aliphatic heterocycles. The Balaban J connectivity index is 2.00. The minimum atomic E-state index is -0.861. The molecule has 0 aliphatic rings. The summed E-state index contributed by atoms with van der Waals surface area (Å²) in [4.78, 5) is 20.6. The number of nitrogens with zero attached hydrogens (tertiary/aromatic N) is 2. The summed E-state index contributed by atoms with van der Waals surface area (Å²) in [5.41, 5.74) is 7.74. The van der Waals surface area contributed by atoms with Crippen molar-refractivity contribution in [2.75, 3.05) is 0 Å². The van der Waals surface area contributed by atoms with Crippen molar-refractivity contribution < 1.29 is 9.90 Å². The number of thiazole rings is 1. The van der Waals surface area contributed by atoms with Gasteiger partial charge in [-0.25, -0.2) is 9.97 Å². The van der Waals surface area contributed by atoms with E-state index in [2.05, 4.69) is 4.98 Å². The molecule has 0 atom stereocenters. The number of aromatic nitrogens is 2. The van der Waals surface area contributed by atoms with E-state index in [1.807, 2.05) is 54.8 Å². The summed E-state index contributed by atoms with van der Waals surface area (Å²) in [6.07, 6.45) is -0.0480. The highest BCUT2D eigenvalue weighted by Crippen LogP contribution is 2.36. The number of hydrogen-bond donors (Lipinski definition) is 1. The van der Waals surface area contributed by atoms with Gasteiger partial charge >= 0.3 is 5.97 Å². The quantitative estimate of drug-likeness (QED) is 0.488. The minimum absolute atomic E-state index is 0.0480. The van der Waals surface area contributed by atoms with E-state index in [4.69, 9.17) is 16.6 Å². The maximum atomic E-state index is 11.5. The van der Waals surface area contributed by atoms with Gasteiger partial charge in [0.25, 0.3) is 0 Å². The van der Waals surface area contributed by atoms with Crippen molar-refractivity contribution in [1.29, 1.82) is 0 Å². The van der Waals surface area contributed by atoms with Crippen LogP contribution >= 0.6 is 22.9 Å². The molecule has 0 spiro atoms. The van der Waals surface area contributed by atoms with E-state index in [1.54, 1.807) is 5.51 Å². The van der Waals surface area contributed by atoms with Gasteiger partial charge in [-0.2, -0.15) is 0 Å². The predicted octanol–water partition coefficient (Wildman–Crippen LogP) is 5.61. The molecule has 4 aromatic rings. The molecule has 0 aliphatic carbocycles. The lowest BCUT2D eigenvalue weighted by Crippen LogP contribution is -2.05. The molecule has 4 nitrogen and oxygen atoms in total. The average Bonchev–Trinajstić information content (AvgIpc) is 3.17. The van der Waals surface area contributed by atoms with E-state index in [-0.39, 0.29) is 6.42 Å². The lowest BCUT2D eigenvalue weighted by molar-refractivity contribution is -0.136. The maximum Gasteiger partial charge on any atom is 0.307 e. The summed E-state index contributed by atoms with van der Waals surface area (Å²) in [5, 5.41) is 12.9. The zero-order valence-corrected chi connectivity index (χ0v) is 16.0. The molecule has 0 amide bonds. The molecule has 2 aromatic carbocycles. The molecule has 0 bridgehead atoms. The summed E-state index contributed by atoms with van der Waals surface area (Å²) in [6.45, 7) is 1.92. The Morgan fingerprint density at radius 3 is 2.59 bits per heavy atom. The van der Waals surface area contributed by atoms with E-state index in [9.17, 15) is 9.90 Å². The van der Waals surface area contributed by atoms with E-state index in [0.717, 1.165) is 44.5 Å². The zero-order chi connectivity index (χ0) is 19.0. The van der Waals surface area contributed by atoms with Crippen molar-refractivity contribution in [3.8, 4) is 22.5 Å². The number of carboxylic acids is 1. The smallest absolute Gasteiger partial charge is 0.307 e. The van der Waals surface area contributed by atoms with Crippen LogP contribution in [0.5, 0.6) is 0 Å². The second kappa shape index (κ2) is 7.10. The highest BCUT2D eigenvalue weighted by Gasteiger charge is 2.17. The number of hydrogen-bond acceptors (Lipinski definition) is 4. The molecule has 134 valence electrons. The first-order valence-electron chi connectivity index (χ1n) is 8.32. The fourth-order valence-electron chi connectivity index (χ4n) is 3.26. The number of carbonyl (C=O) groups is 1. The Labute approximate surface area is 165 Å². The van der Waals surface area contributed by atoms with Gasteiger partial charge in [0.05, 0.1) is 28.8 Å². The molecule has 0 fully saturated rings. The first kappa shape index (κ1) is 17.6. The second-order valence-corrected chi connectivity index (χ2v) is 7.42. The van der Waals surface area contributed by atoms with Crippen molar-refractivity contribution in [1.82, 2.24) is 9.97 Å². The topological polar surface area (TPSA) is 63.1 Å². The molecule has 0 saturated heterocycles. The fourth-order valence-corrected chi connectivity index (χ4v) is 3.93. The van der Waals surface area contributed by atoms with E-state index < -0.39 is 5.97 Å². The standard InChI is InChI=1S/C21H15ClN2O2S/c1-12-8-18-15(6-7-17(24-18)19-10-27-11-23-19)21(16(12)9-20(25)26)13-2-4-14(22)5-3-13/h2-8,10-11H,9H2,1H3,(H,25,26). The summed E-state index contributed by atoms with van der Waals surface area (Å²) < 4.78 is 0. The van der Waals surface area contributed by atoms with Crippen molar-refractivity contribution in [2.45, 2.75) is 13.3 Å². The van der Waals surface area contributed by atoms with Gasteiger partial charge in [0.2, 0.25) is 0 Å². The van der Waals surface area contributed by atoms with Gasteiger partial charge in [-0.05, 0) is 59.5 Å². The second-order valence-electron chi connectivity index (χ2n) is 6.26. The van der Waals surface area contributed by atoms with Crippen LogP contribution in [0, 0.1) is 6.92 Å². The molecular weight excluding hydrogens is 380 g/mol. The third-order valence-corrected chi connectivity index (χ3v) is 5.32. The van der Waals surface area contributed by atoms with Gasteiger partial charge < -0.3 is 5.11 Å². The molecule has 1 N–H and O–H groups in total. The van der Waals surface area contributed by atoms with Crippen LogP contribution in [0.4, 0.5) is 0 Å². The van der Waals surface area contributed by atoms with Crippen molar-refractivity contribution in [2.24, 2.45) is 0 Å². The van der Waals surface area contributed by atoms with Gasteiger partial charge in [-0.1, -0.05) is 23.7 Å².